The Morgan fingerprint density at radius 1 is 0.765 bits per heavy atom. The highest BCUT2D eigenvalue weighted by molar-refractivity contribution is 5.71. The van der Waals surface area contributed by atoms with Gasteiger partial charge in [0.05, 0.1) is 23.6 Å². The van der Waals surface area contributed by atoms with E-state index in [0.29, 0.717) is 0 Å². The summed E-state index contributed by atoms with van der Waals surface area (Å²) in [6, 6.07) is 22.3. The van der Waals surface area contributed by atoms with Crippen LogP contribution < -0.4 is 4.90 Å². The van der Waals surface area contributed by atoms with E-state index in [2.05, 4.69) is 119 Å². The van der Waals surface area contributed by atoms with Gasteiger partial charge in [0.25, 0.3) is 0 Å². The lowest BCUT2D eigenvalue weighted by molar-refractivity contribution is 0.589. The van der Waals surface area contributed by atoms with Crippen LogP contribution in [0, 0.1) is 27.7 Å². The maximum absolute atomic E-state index is 5.23. The summed E-state index contributed by atoms with van der Waals surface area (Å²) in [6.07, 6.45) is 0. The van der Waals surface area contributed by atoms with Crippen molar-refractivity contribution in [3.05, 3.63) is 99.7 Å². The lowest BCUT2D eigenvalue weighted by Crippen LogP contribution is -2.19. The molecule has 0 bridgehead atoms. The SMILES string of the molecule is Cc1ccc(-c2c3c(nn2-c2c(C)cccc2C)CN(c2cc(C(C)(C)C)ccc2C)C3)cc1. The second-order valence-corrected chi connectivity index (χ2v) is 10.9. The maximum atomic E-state index is 5.23. The molecule has 0 N–H and O–H groups in total. The fourth-order valence-electron chi connectivity index (χ4n) is 5.11. The first-order valence-corrected chi connectivity index (χ1v) is 12.2. The van der Waals surface area contributed by atoms with E-state index in [9.17, 15) is 0 Å². The average molecular weight is 450 g/mol. The van der Waals surface area contributed by atoms with E-state index in [4.69, 9.17) is 5.10 Å². The zero-order chi connectivity index (χ0) is 24.2. The largest absolute Gasteiger partial charge is 0.361 e. The molecule has 34 heavy (non-hydrogen) atoms. The van der Waals surface area contributed by atoms with Crippen molar-refractivity contribution >= 4 is 5.69 Å². The van der Waals surface area contributed by atoms with E-state index in [1.807, 2.05) is 0 Å². The summed E-state index contributed by atoms with van der Waals surface area (Å²) in [6.45, 7) is 17.3. The van der Waals surface area contributed by atoms with Crippen molar-refractivity contribution in [2.24, 2.45) is 0 Å². The van der Waals surface area contributed by atoms with E-state index in [1.165, 1.54) is 61.7 Å². The van der Waals surface area contributed by atoms with Crippen molar-refractivity contribution in [2.45, 2.75) is 67.0 Å². The number of rotatable bonds is 3. The van der Waals surface area contributed by atoms with Gasteiger partial charge >= 0.3 is 0 Å². The number of benzene rings is 3. The predicted octanol–water partition coefficient (Wildman–Crippen LogP) is 7.59. The Labute approximate surface area is 204 Å². The molecule has 1 aliphatic rings. The molecule has 0 saturated carbocycles. The molecule has 0 spiro atoms. The number of para-hydroxylation sites is 1. The third-order valence-corrected chi connectivity index (χ3v) is 7.15. The van der Waals surface area contributed by atoms with Crippen molar-refractivity contribution in [3.8, 4) is 16.9 Å². The third-order valence-electron chi connectivity index (χ3n) is 7.15. The smallest absolute Gasteiger partial charge is 0.0878 e. The summed E-state index contributed by atoms with van der Waals surface area (Å²) in [7, 11) is 0. The minimum absolute atomic E-state index is 0.126. The molecule has 1 aromatic heterocycles. The minimum Gasteiger partial charge on any atom is -0.361 e. The molecular formula is C31H35N3. The van der Waals surface area contributed by atoms with E-state index in [1.54, 1.807) is 0 Å². The molecule has 3 heteroatoms. The van der Waals surface area contributed by atoms with Crippen molar-refractivity contribution in [1.29, 1.82) is 0 Å². The minimum atomic E-state index is 0.126. The Morgan fingerprint density at radius 2 is 1.44 bits per heavy atom. The maximum Gasteiger partial charge on any atom is 0.0878 e. The van der Waals surface area contributed by atoms with Crippen molar-refractivity contribution in [1.82, 2.24) is 9.78 Å². The lowest BCUT2D eigenvalue weighted by Gasteiger charge is -2.26. The van der Waals surface area contributed by atoms with Gasteiger partial charge in [-0.05, 0) is 61.4 Å². The number of hydrogen-bond acceptors (Lipinski definition) is 2. The zero-order valence-corrected chi connectivity index (χ0v) is 21.5. The molecule has 0 aliphatic carbocycles. The second kappa shape index (κ2) is 8.16. The summed E-state index contributed by atoms with van der Waals surface area (Å²) < 4.78 is 2.20. The zero-order valence-electron chi connectivity index (χ0n) is 21.5. The van der Waals surface area contributed by atoms with Crippen LogP contribution in [0.25, 0.3) is 16.9 Å². The first-order valence-electron chi connectivity index (χ1n) is 12.2. The summed E-state index contributed by atoms with van der Waals surface area (Å²) in [5.74, 6) is 0. The quantitative estimate of drug-likeness (QED) is 0.321. The molecular weight excluding hydrogens is 414 g/mol. The van der Waals surface area contributed by atoms with E-state index < -0.39 is 0 Å². The standard InChI is InChI=1S/C31H35N3/c1-20-11-14-24(15-12-20)30-26-18-33(28-17-25(31(5,6)7)16-13-21(28)2)19-27(26)32-34(30)29-22(3)9-8-10-23(29)4/h8-17H,18-19H2,1-7H3. The first kappa shape index (κ1) is 22.5. The van der Waals surface area contributed by atoms with Crippen molar-refractivity contribution in [3.63, 3.8) is 0 Å². The van der Waals surface area contributed by atoms with Crippen LogP contribution in [0.2, 0.25) is 0 Å². The topological polar surface area (TPSA) is 21.1 Å². The fraction of sp³-hybridized carbons (Fsp3) is 0.323. The first-order chi connectivity index (χ1) is 16.1. The molecule has 0 saturated heterocycles. The van der Waals surface area contributed by atoms with Crippen LogP contribution in [0.5, 0.6) is 0 Å². The van der Waals surface area contributed by atoms with Crippen LogP contribution in [0.4, 0.5) is 5.69 Å². The summed E-state index contributed by atoms with van der Waals surface area (Å²) in [5, 5.41) is 5.23. The molecule has 0 radical (unpaired) electrons. The van der Waals surface area contributed by atoms with E-state index >= 15 is 0 Å². The highest BCUT2D eigenvalue weighted by Gasteiger charge is 2.30. The van der Waals surface area contributed by atoms with Gasteiger partial charge in [0.15, 0.2) is 0 Å². The Bertz CT molecular complexity index is 1350. The Kier molecular flexibility index (Phi) is 5.39. The predicted molar refractivity (Wildman–Crippen MR) is 143 cm³/mol. The van der Waals surface area contributed by atoms with Crippen LogP contribution in [-0.4, -0.2) is 9.78 Å². The number of anilines is 1. The Hall–Kier alpha value is -3.33. The molecule has 5 rings (SSSR count). The average Bonchev–Trinajstić information content (AvgIpc) is 3.32. The van der Waals surface area contributed by atoms with E-state index in [-0.39, 0.29) is 5.41 Å². The van der Waals surface area contributed by atoms with Gasteiger partial charge in [-0.2, -0.15) is 5.10 Å². The normalized spacial score (nSPS) is 13.4. The van der Waals surface area contributed by atoms with Gasteiger partial charge in [-0.25, -0.2) is 4.68 Å². The van der Waals surface area contributed by atoms with Crippen LogP contribution in [0.15, 0.2) is 60.7 Å². The van der Waals surface area contributed by atoms with E-state index in [0.717, 1.165) is 13.1 Å². The van der Waals surface area contributed by atoms with Gasteiger partial charge < -0.3 is 4.90 Å². The molecule has 1 aliphatic heterocycles. The second-order valence-electron chi connectivity index (χ2n) is 10.9. The molecule has 0 amide bonds. The lowest BCUT2D eigenvalue weighted by atomic mass is 9.86. The number of nitrogens with zero attached hydrogens (tertiary/aromatic N) is 3. The highest BCUT2D eigenvalue weighted by Crippen LogP contribution is 2.39. The number of aryl methyl sites for hydroxylation is 4. The monoisotopic (exact) mass is 449 g/mol. The van der Waals surface area contributed by atoms with Gasteiger partial charge in [-0.1, -0.05) is 80.9 Å². The highest BCUT2D eigenvalue weighted by atomic mass is 15.3. The van der Waals surface area contributed by atoms with Gasteiger partial charge in [0.1, 0.15) is 0 Å². The molecule has 174 valence electrons. The molecule has 0 atom stereocenters. The summed E-state index contributed by atoms with van der Waals surface area (Å²) >= 11 is 0. The Morgan fingerprint density at radius 3 is 2.09 bits per heavy atom. The number of fused-ring (bicyclic) bond motifs is 1. The van der Waals surface area contributed by atoms with Crippen molar-refractivity contribution < 1.29 is 0 Å². The van der Waals surface area contributed by atoms with Crippen LogP contribution in [0.3, 0.4) is 0 Å². The summed E-state index contributed by atoms with van der Waals surface area (Å²) in [5.41, 5.74) is 14.1. The molecule has 2 heterocycles. The number of hydrogen-bond donors (Lipinski definition) is 0. The molecule has 0 fully saturated rings. The molecule has 0 unspecified atom stereocenters. The molecule has 3 nitrogen and oxygen atoms in total. The van der Waals surface area contributed by atoms with Crippen LogP contribution >= 0.6 is 0 Å². The number of aromatic nitrogens is 2. The summed E-state index contributed by atoms with van der Waals surface area (Å²) in [4.78, 5) is 2.50. The molecule has 3 aromatic carbocycles. The van der Waals surface area contributed by atoms with Gasteiger partial charge in [-0.3, -0.25) is 0 Å². The van der Waals surface area contributed by atoms with Gasteiger partial charge in [0, 0.05) is 23.4 Å². The third kappa shape index (κ3) is 3.83. The van der Waals surface area contributed by atoms with Crippen molar-refractivity contribution in [2.75, 3.05) is 4.90 Å². The van der Waals surface area contributed by atoms with Crippen LogP contribution in [-0.2, 0) is 18.5 Å². The van der Waals surface area contributed by atoms with Gasteiger partial charge in [-0.15, -0.1) is 0 Å². The van der Waals surface area contributed by atoms with Crippen LogP contribution in [0.1, 0.15) is 59.8 Å². The Balaban J connectivity index is 1.64. The van der Waals surface area contributed by atoms with Gasteiger partial charge in [0.2, 0.25) is 0 Å². The molecule has 4 aromatic rings. The fourth-order valence-corrected chi connectivity index (χ4v) is 5.11.